The van der Waals surface area contributed by atoms with E-state index in [1.807, 2.05) is 32.9 Å². The first-order valence-electron chi connectivity index (χ1n) is 9.83. The molecule has 1 aliphatic rings. The van der Waals surface area contributed by atoms with Crippen LogP contribution >= 0.6 is 0 Å². The summed E-state index contributed by atoms with van der Waals surface area (Å²) in [5.74, 6) is -0.686. The highest BCUT2D eigenvalue weighted by molar-refractivity contribution is 7.89. The topological polar surface area (TPSA) is 66.5 Å². The van der Waals surface area contributed by atoms with Gasteiger partial charge in [-0.3, -0.25) is 4.79 Å². The van der Waals surface area contributed by atoms with Crippen LogP contribution in [0.5, 0.6) is 0 Å². The average Bonchev–Trinajstić information content (AvgIpc) is 2.65. The summed E-state index contributed by atoms with van der Waals surface area (Å²) < 4.78 is 40.7. The number of hydrogen-bond acceptors (Lipinski definition) is 3. The molecule has 0 saturated carbocycles. The molecular formula is C22H27FN2O3S. The van der Waals surface area contributed by atoms with Crippen LogP contribution < -0.4 is 5.32 Å². The number of piperidine rings is 1. The Hall–Kier alpha value is -2.25. The number of nitrogens with one attached hydrogen (secondary N) is 1. The Kier molecular flexibility index (Phi) is 6.39. The van der Waals surface area contributed by atoms with Crippen LogP contribution in [-0.2, 0) is 14.8 Å². The van der Waals surface area contributed by atoms with Gasteiger partial charge in [-0.05, 0) is 69.0 Å². The minimum Gasteiger partial charge on any atom is -0.326 e. The second-order valence-corrected chi connectivity index (χ2v) is 9.64. The van der Waals surface area contributed by atoms with E-state index in [1.54, 1.807) is 0 Å². The number of anilines is 1. The van der Waals surface area contributed by atoms with Gasteiger partial charge in [-0.25, -0.2) is 12.8 Å². The summed E-state index contributed by atoms with van der Waals surface area (Å²) in [6, 6.07) is 8.43. The molecule has 1 atom stereocenters. The number of nitrogens with zero attached hydrogens (tertiary/aromatic N) is 1. The Balaban J connectivity index is 1.78. The van der Waals surface area contributed by atoms with Gasteiger partial charge in [0, 0.05) is 24.7 Å². The van der Waals surface area contributed by atoms with E-state index in [0.717, 1.165) is 47.4 Å². The zero-order valence-corrected chi connectivity index (χ0v) is 17.9. The molecule has 0 spiro atoms. The number of aryl methyl sites for hydroxylation is 3. The number of halogens is 1. The van der Waals surface area contributed by atoms with Crippen molar-refractivity contribution in [2.24, 2.45) is 0 Å². The van der Waals surface area contributed by atoms with Crippen LogP contribution in [0.15, 0.2) is 41.3 Å². The van der Waals surface area contributed by atoms with Crippen molar-refractivity contribution >= 4 is 21.6 Å². The molecule has 5 nitrogen and oxygen atoms in total. The third-order valence-electron chi connectivity index (χ3n) is 5.36. The monoisotopic (exact) mass is 418 g/mol. The highest BCUT2D eigenvalue weighted by Gasteiger charge is 2.34. The predicted octanol–water partition coefficient (Wildman–Crippen LogP) is 4.32. The molecule has 1 fully saturated rings. The van der Waals surface area contributed by atoms with Crippen LogP contribution in [0, 0.1) is 26.6 Å². The highest BCUT2D eigenvalue weighted by atomic mass is 32.2. The predicted molar refractivity (Wildman–Crippen MR) is 112 cm³/mol. The molecule has 0 aliphatic carbocycles. The van der Waals surface area contributed by atoms with Crippen molar-refractivity contribution in [3.8, 4) is 0 Å². The maximum absolute atomic E-state index is 13.2. The van der Waals surface area contributed by atoms with Crippen LogP contribution in [0.2, 0.25) is 0 Å². The van der Waals surface area contributed by atoms with E-state index < -0.39 is 21.9 Å². The molecule has 1 aliphatic heterocycles. The van der Waals surface area contributed by atoms with Crippen LogP contribution in [0.1, 0.15) is 42.4 Å². The van der Waals surface area contributed by atoms with Crippen molar-refractivity contribution in [2.45, 2.75) is 57.4 Å². The third-order valence-corrected chi connectivity index (χ3v) is 7.32. The number of rotatable bonds is 5. The molecule has 0 bridgehead atoms. The molecule has 0 aromatic heterocycles. The standard InChI is InChI=1S/C22H27FN2O3S/c1-15-12-16(2)22(17(3)13-15)24-21(26)14-19-6-4-5-11-25(19)29(27,28)20-9-7-18(23)8-10-20/h7-10,12-13,19H,4-6,11,14H2,1-3H3,(H,24,26)/t19-/m1/s1. The minimum atomic E-state index is -3.78. The Morgan fingerprint density at radius 2 is 1.72 bits per heavy atom. The number of sulfonamides is 1. The zero-order chi connectivity index (χ0) is 21.2. The lowest BCUT2D eigenvalue weighted by Crippen LogP contribution is -2.45. The molecule has 1 amide bonds. The maximum Gasteiger partial charge on any atom is 0.243 e. The number of carbonyl (C=O) groups excluding carboxylic acids is 1. The van der Waals surface area contributed by atoms with E-state index in [9.17, 15) is 17.6 Å². The Labute approximate surface area is 172 Å². The summed E-state index contributed by atoms with van der Waals surface area (Å²) in [4.78, 5) is 12.8. The summed E-state index contributed by atoms with van der Waals surface area (Å²) in [6.07, 6.45) is 2.33. The first-order valence-corrected chi connectivity index (χ1v) is 11.3. The molecule has 7 heteroatoms. The smallest absolute Gasteiger partial charge is 0.243 e. The second kappa shape index (κ2) is 8.63. The van der Waals surface area contributed by atoms with E-state index in [-0.39, 0.29) is 17.2 Å². The number of hydrogen-bond donors (Lipinski definition) is 1. The molecule has 1 heterocycles. The van der Waals surface area contributed by atoms with Gasteiger partial charge in [0.2, 0.25) is 15.9 Å². The van der Waals surface area contributed by atoms with Crippen molar-refractivity contribution < 1.29 is 17.6 Å². The molecule has 0 unspecified atom stereocenters. The molecule has 156 valence electrons. The minimum absolute atomic E-state index is 0.0523. The fourth-order valence-electron chi connectivity index (χ4n) is 4.02. The van der Waals surface area contributed by atoms with Gasteiger partial charge in [0.25, 0.3) is 0 Å². The van der Waals surface area contributed by atoms with Gasteiger partial charge < -0.3 is 5.32 Å². The summed E-state index contributed by atoms with van der Waals surface area (Å²) >= 11 is 0. The first-order chi connectivity index (χ1) is 13.7. The molecular weight excluding hydrogens is 391 g/mol. The molecule has 1 N–H and O–H groups in total. The normalized spacial score (nSPS) is 17.9. The average molecular weight is 419 g/mol. The summed E-state index contributed by atoms with van der Waals surface area (Å²) in [6.45, 7) is 6.26. The lowest BCUT2D eigenvalue weighted by atomic mass is 10.0. The zero-order valence-electron chi connectivity index (χ0n) is 17.0. The van der Waals surface area contributed by atoms with Crippen LogP contribution in [0.4, 0.5) is 10.1 Å². The maximum atomic E-state index is 13.2. The van der Waals surface area contributed by atoms with Gasteiger partial charge in [-0.15, -0.1) is 0 Å². The molecule has 3 rings (SSSR count). The first kappa shape index (κ1) is 21.5. The van der Waals surface area contributed by atoms with Gasteiger partial charge in [-0.2, -0.15) is 4.31 Å². The number of benzene rings is 2. The lowest BCUT2D eigenvalue weighted by Gasteiger charge is -2.34. The van der Waals surface area contributed by atoms with Gasteiger partial charge >= 0.3 is 0 Å². The Bertz CT molecular complexity index is 980. The molecule has 1 saturated heterocycles. The largest absolute Gasteiger partial charge is 0.326 e. The van der Waals surface area contributed by atoms with E-state index in [1.165, 1.54) is 16.4 Å². The SMILES string of the molecule is Cc1cc(C)c(NC(=O)C[C@H]2CCCCN2S(=O)(=O)c2ccc(F)cc2)c(C)c1. The molecule has 29 heavy (non-hydrogen) atoms. The van der Waals surface area contributed by atoms with E-state index in [4.69, 9.17) is 0 Å². The summed E-state index contributed by atoms with van der Waals surface area (Å²) in [7, 11) is -3.78. The van der Waals surface area contributed by atoms with Crippen LogP contribution in [-0.4, -0.2) is 31.2 Å². The quantitative estimate of drug-likeness (QED) is 0.786. The van der Waals surface area contributed by atoms with E-state index >= 15 is 0 Å². The molecule has 2 aromatic rings. The van der Waals surface area contributed by atoms with Crippen LogP contribution in [0.25, 0.3) is 0 Å². The van der Waals surface area contributed by atoms with Gasteiger partial charge in [0.1, 0.15) is 5.82 Å². The van der Waals surface area contributed by atoms with Gasteiger partial charge in [0.15, 0.2) is 0 Å². The fraction of sp³-hybridized carbons (Fsp3) is 0.409. The summed E-state index contributed by atoms with van der Waals surface area (Å²) in [5, 5.41) is 2.96. The summed E-state index contributed by atoms with van der Waals surface area (Å²) in [5.41, 5.74) is 3.87. The van der Waals surface area contributed by atoms with Gasteiger partial charge in [0.05, 0.1) is 4.90 Å². The van der Waals surface area contributed by atoms with Crippen molar-refractivity contribution in [3.05, 3.63) is 58.9 Å². The number of amides is 1. The lowest BCUT2D eigenvalue weighted by molar-refractivity contribution is -0.117. The van der Waals surface area contributed by atoms with Crippen molar-refractivity contribution in [1.29, 1.82) is 0 Å². The van der Waals surface area contributed by atoms with Crippen LogP contribution in [0.3, 0.4) is 0 Å². The Morgan fingerprint density at radius 3 is 2.34 bits per heavy atom. The van der Waals surface area contributed by atoms with E-state index in [0.29, 0.717) is 13.0 Å². The molecule has 0 radical (unpaired) electrons. The number of carbonyl (C=O) groups is 1. The Morgan fingerprint density at radius 1 is 1.10 bits per heavy atom. The van der Waals surface area contributed by atoms with E-state index in [2.05, 4.69) is 5.32 Å². The third kappa shape index (κ3) is 4.85. The van der Waals surface area contributed by atoms with Crippen molar-refractivity contribution in [3.63, 3.8) is 0 Å². The van der Waals surface area contributed by atoms with Gasteiger partial charge in [-0.1, -0.05) is 24.1 Å². The van der Waals surface area contributed by atoms with Crippen molar-refractivity contribution in [1.82, 2.24) is 4.31 Å². The second-order valence-electron chi connectivity index (χ2n) is 7.75. The van der Waals surface area contributed by atoms with Crippen molar-refractivity contribution in [2.75, 3.05) is 11.9 Å². The fourth-order valence-corrected chi connectivity index (χ4v) is 5.71. The highest BCUT2D eigenvalue weighted by Crippen LogP contribution is 2.28. The molecule has 2 aromatic carbocycles.